The summed E-state index contributed by atoms with van der Waals surface area (Å²) in [6.45, 7) is 5.66. The standard InChI is InChI=1S/C14H18N2O4/c1-14(2,3)20-12(17)15-8-9-6-5-7-10-11(9)16(4)13(18)19-10/h5-7H,8H2,1-4H3,(H,15,17). The third kappa shape index (κ3) is 3.01. The first-order chi connectivity index (χ1) is 9.28. The van der Waals surface area contributed by atoms with Crippen LogP contribution in [0.25, 0.3) is 11.1 Å². The molecule has 0 aliphatic heterocycles. The van der Waals surface area contributed by atoms with Crippen molar-refractivity contribution in [2.24, 2.45) is 7.05 Å². The van der Waals surface area contributed by atoms with Gasteiger partial charge in [-0.3, -0.25) is 4.57 Å². The van der Waals surface area contributed by atoms with Gasteiger partial charge in [-0.15, -0.1) is 0 Å². The van der Waals surface area contributed by atoms with Crippen LogP contribution in [0.15, 0.2) is 27.4 Å². The minimum absolute atomic E-state index is 0.263. The molecule has 1 aromatic heterocycles. The molecule has 108 valence electrons. The fourth-order valence-corrected chi connectivity index (χ4v) is 1.91. The number of ether oxygens (including phenoxy) is 1. The van der Waals surface area contributed by atoms with Gasteiger partial charge in [-0.1, -0.05) is 12.1 Å². The number of para-hydroxylation sites is 1. The van der Waals surface area contributed by atoms with E-state index in [1.807, 2.05) is 6.07 Å². The van der Waals surface area contributed by atoms with Crippen LogP contribution in [-0.4, -0.2) is 16.3 Å². The fourth-order valence-electron chi connectivity index (χ4n) is 1.91. The molecule has 2 aromatic rings. The lowest BCUT2D eigenvalue weighted by molar-refractivity contribution is 0.0524. The molecule has 0 aliphatic rings. The molecule has 2 rings (SSSR count). The van der Waals surface area contributed by atoms with Crippen LogP contribution in [-0.2, 0) is 18.3 Å². The lowest BCUT2D eigenvalue weighted by atomic mass is 10.2. The number of hydrogen-bond donors (Lipinski definition) is 1. The molecule has 0 aliphatic carbocycles. The summed E-state index contributed by atoms with van der Waals surface area (Å²) in [6.07, 6.45) is -0.497. The highest BCUT2D eigenvalue weighted by molar-refractivity contribution is 5.77. The number of aryl methyl sites for hydroxylation is 1. The molecule has 0 spiro atoms. The van der Waals surface area contributed by atoms with Gasteiger partial charge in [-0.2, -0.15) is 0 Å². The summed E-state index contributed by atoms with van der Waals surface area (Å²) >= 11 is 0. The van der Waals surface area contributed by atoms with Crippen LogP contribution in [0.4, 0.5) is 4.79 Å². The maximum Gasteiger partial charge on any atom is 0.419 e. The second kappa shape index (κ2) is 5.03. The van der Waals surface area contributed by atoms with Crippen LogP contribution in [0.5, 0.6) is 0 Å². The van der Waals surface area contributed by atoms with E-state index in [2.05, 4.69) is 5.32 Å². The minimum Gasteiger partial charge on any atom is -0.444 e. The van der Waals surface area contributed by atoms with E-state index in [9.17, 15) is 9.59 Å². The van der Waals surface area contributed by atoms with Crippen LogP contribution in [0.3, 0.4) is 0 Å². The number of carbonyl (C=O) groups excluding carboxylic acids is 1. The Morgan fingerprint density at radius 1 is 1.40 bits per heavy atom. The van der Waals surface area contributed by atoms with E-state index < -0.39 is 17.5 Å². The monoisotopic (exact) mass is 278 g/mol. The van der Waals surface area contributed by atoms with Crippen LogP contribution in [0.2, 0.25) is 0 Å². The number of nitrogens with zero attached hydrogens (tertiary/aromatic N) is 1. The molecule has 1 amide bonds. The molecule has 0 unspecified atom stereocenters. The molecule has 0 radical (unpaired) electrons. The van der Waals surface area contributed by atoms with Crippen molar-refractivity contribution in [1.29, 1.82) is 0 Å². The van der Waals surface area contributed by atoms with Gasteiger partial charge in [0.1, 0.15) is 5.60 Å². The SMILES string of the molecule is Cn1c(=O)oc2cccc(CNC(=O)OC(C)(C)C)c21. The third-order valence-corrected chi connectivity index (χ3v) is 2.71. The fraction of sp³-hybridized carbons (Fsp3) is 0.429. The van der Waals surface area contributed by atoms with Crippen molar-refractivity contribution in [1.82, 2.24) is 9.88 Å². The first kappa shape index (κ1) is 14.2. The highest BCUT2D eigenvalue weighted by atomic mass is 16.6. The van der Waals surface area contributed by atoms with Gasteiger partial charge in [0.25, 0.3) is 0 Å². The maximum absolute atomic E-state index is 11.6. The molecule has 0 atom stereocenters. The predicted molar refractivity (Wildman–Crippen MR) is 74.5 cm³/mol. The normalized spacial score (nSPS) is 11.6. The van der Waals surface area contributed by atoms with Gasteiger partial charge in [0, 0.05) is 13.6 Å². The van der Waals surface area contributed by atoms with Gasteiger partial charge in [0.15, 0.2) is 5.58 Å². The van der Waals surface area contributed by atoms with E-state index in [1.165, 1.54) is 4.57 Å². The van der Waals surface area contributed by atoms with Crippen LogP contribution >= 0.6 is 0 Å². The van der Waals surface area contributed by atoms with Crippen molar-refractivity contribution in [3.05, 3.63) is 34.3 Å². The molecule has 1 N–H and O–H groups in total. The number of rotatable bonds is 2. The second-order valence-electron chi connectivity index (χ2n) is 5.55. The molecule has 6 heteroatoms. The molecule has 0 saturated heterocycles. The molecule has 1 aromatic carbocycles. The molecule has 20 heavy (non-hydrogen) atoms. The van der Waals surface area contributed by atoms with E-state index in [0.29, 0.717) is 11.1 Å². The van der Waals surface area contributed by atoms with Gasteiger partial charge >= 0.3 is 11.8 Å². The average molecular weight is 278 g/mol. The number of alkyl carbamates (subject to hydrolysis) is 1. The van der Waals surface area contributed by atoms with Crippen molar-refractivity contribution >= 4 is 17.2 Å². The first-order valence-corrected chi connectivity index (χ1v) is 6.32. The Labute approximate surface area is 116 Å². The Morgan fingerprint density at radius 2 is 2.10 bits per heavy atom. The molecule has 0 fully saturated rings. The van der Waals surface area contributed by atoms with Gasteiger partial charge < -0.3 is 14.5 Å². The van der Waals surface area contributed by atoms with E-state index in [0.717, 1.165) is 5.56 Å². The van der Waals surface area contributed by atoms with Crippen molar-refractivity contribution in [2.45, 2.75) is 32.9 Å². The zero-order valence-corrected chi connectivity index (χ0v) is 12.0. The van der Waals surface area contributed by atoms with E-state index in [4.69, 9.17) is 9.15 Å². The smallest absolute Gasteiger partial charge is 0.419 e. The number of oxazole rings is 1. The summed E-state index contributed by atoms with van der Waals surface area (Å²) in [7, 11) is 1.63. The molecule has 6 nitrogen and oxygen atoms in total. The summed E-state index contributed by atoms with van der Waals surface area (Å²) in [4.78, 5) is 23.1. The second-order valence-corrected chi connectivity index (χ2v) is 5.55. The highest BCUT2D eigenvalue weighted by Gasteiger charge is 2.16. The molecular weight excluding hydrogens is 260 g/mol. The van der Waals surface area contributed by atoms with Crippen LogP contribution in [0.1, 0.15) is 26.3 Å². The summed E-state index contributed by atoms with van der Waals surface area (Å²) < 4.78 is 11.7. The number of fused-ring (bicyclic) bond motifs is 1. The number of aromatic nitrogens is 1. The summed E-state index contributed by atoms with van der Waals surface area (Å²) in [5.74, 6) is -0.426. The zero-order chi connectivity index (χ0) is 14.9. The molecule has 0 bridgehead atoms. The first-order valence-electron chi connectivity index (χ1n) is 6.32. The minimum atomic E-state index is -0.543. The average Bonchev–Trinajstić information content (AvgIpc) is 2.61. The summed E-state index contributed by atoms with van der Waals surface area (Å²) in [5, 5.41) is 2.67. The van der Waals surface area contributed by atoms with Crippen molar-refractivity contribution in [2.75, 3.05) is 0 Å². The Hall–Kier alpha value is -2.24. The van der Waals surface area contributed by atoms with Crippen molar-refractivity contribution in [3.8, 4) is 0 Å². The van der Waals surface area contributed by atoms with Gasteiger partial charge in [0.05, 0.1) is 5.52 Å². The summed E-state index contributed by atoms with van der Waals surface area (Å²) in [6, 6.07) is 5.32. The van der Waals surface area contributed by atoms with E-state index >= 15 is 0 Å². The van der Waals surface area contributed by atoms with Gasteiger partial charge in [-0.25, -0.2) is 9.59 Å². The topological polar surface area (TPSA) is 73.5 Å². The largest absolute Gasteiger partial charge is 0.444 e. The van der Waals surface area contributed by atoms with Gasteiger partial charge in [0.2, 0.25) is 0 Å². The molecule has 1 heterocycles. The Morgan fingerprint density at radius 3 is 2.75 bits per heavy atom. The Bertz CT molecular complexity index is 691. The van der Waals surface area contributed by atoms with Gasteiger partial charge in [-0.05, 0) is 32.4 Å². The highest BCUT2D eigenvalue weighted by Crippen LogP contribution is 2.17. The number of carbonyl (C=O) groups is 1. The molecule has 0 saturated carbocycles. The number of hydrogen-bond acceptors (Lipinski definition) is 4. The number of benzene rings is 1. The lowest BCUT2D eigenvalue weighted by Gasteiger charge is -2.19. The predicted octanol–water partition coefficient (Wildman–Crippen LogP) is 2.16. The molecular formula is C14H18N2O4. The van der Waals surface area contributed by atoms with Crippen LogP contribution in [0, 0.1) is 0 Å². The number of nitrogens with one attached hydrogen (secondary N) is 1. The van der Waals surface area contributed by atoms with Crippen molar-refractivity contribution in [3.63, 3.8) is 0 Å². The lowest BCUT2D eigenvalue weighted by Crippen LogP contribution is -2.32. The summed E-state index contributed by atoms with van der Waals surface area (Å²) in [5.41, 5.74) is 1.43. The Kier molecular flexibility index (Phi) is 3.57. The Balaban J connectivity index is 2.19. The maximum atomic E-state index is 11.6. The van der Waals surface area contributed by atoms with Crippen molar-refractivity contribution < 1.29 is 13.9 Å². The van der Waals surface area contributed by atoms with Crippen LogP contribution < -0.4 is 11.1 Å². The quantitative estimate of drug-likeness (QED) is 0.913. The van der Waals surface area contributed by atoms with E-state index in [1.54, 1.807) is 40.0 Å². The number of amides is 1. The third-order valence-electron chi connectivity index (χ3n) is 2.71. The zero-order valence-electron chi connectivity index (χ0n) is 12.0. The van der Waals surface area contributed by atoms with E-state index in [-0.39, 0.29) is 6.54 Å².